The van der Waals surface area contributed by atoms with Crippen molar-refractivity contribution in [3.63, 3.8) is 0 Å². The van der Waals surface area contributed by atoms with Gasteiger partial charge in [0.1, 0.15) is 17.2 Å². The zero-order valence-electron chi connectivity index (χ0n) is 16.4. The summed E-state index contributed by atoms with van der Waals surface area (Å²) in [6.07, 6.45) is 1.89. The molecule has 0 aliphatic heterocycles. The second-order valence-corrected chi connectivity index (χ2v) is 7.11. The van der Waals surface area contributed by atoms with Gasteiger partial charge in [-0.3, -0.25) is 0 Å². The summed E-state index contributed by atoms with van der Waals surface area (Å²) in [5, 5.41) is 0.852. The number of hydrogen-bond acceptors (Lipinski definition) is 4. The van der Waals surface area contributed by atoms with Crippen LogP contribution in [0, 0.1) is 5.82 Å². The van der Waals surface area contributed by atoms with Gasteiger partial charge in [0.2, 0.25) is 0 Å². The predicted molar refractivity (Wildman–Crippen MR) is 114 cm³/mol. The van der Waals surface area contributed by atoms with Crippen molar-refractivity contribution in [3.05, 3.63) is 82.9 Å². The lowest BCUT2D eigenvalue weighted by Gasteiger charge is -2.07. The zero-order valence-corrected chi connectivity index (χ0v) is 17.1. The van der Waals surface area contributed by atoms with Gasteiger partial charge >= 0.3 is 5.97 Å². The summed E-state index contributed by atoms with van der Waals surface area (Å²) in [6.45, 7) is 0.508. The van der Waals surface area contributed by atoms with Gasteiger partial charge in [0.15, 0.2) is 5.69 Å². The summed E-state index contributed by atoms with van der Waals surface area (Å²) < 4.78 is 26.0. The fourth-order valence-corrected chi connectivity index (χ4v) is 3.44. The largest absolute Gasteiger partial charge is 0.497 e. The molecular weight excluding hydrogens is 407 g/mol. The minimum atomic E-state index is -0.520. The number of rotatable bonds is 5. The number of carbonyl (C=O) groups is 1. The van der Waals surface area contributed by atoms with Crippen molar-refractivity contribution in [3.8, 4) is 16.9 Å². The second kappa shape index (κ2) is 8.16. The molecule has 4 rings (SSSR count). The number of aromatic nitrogens is 2. The minimum absolute atomic E-state index is 0.0619. The van der Waals surface area contributed by atoms with Crippen LogP contribution in [0.5, 0.6) is 5.75 Å². The Morgan fingerprint density at radius 3 is 2.53 bits per heavy atom. The third-order valence-electron chi connectivity index (χ3n) is 4.86. The van der Waals surface area contributed by atoms with E-state index in [9.17, 15) is 9.18 Å². The van der Waals surface area contributed by atoms with E-state index in [2.05, 4.69) is 4.98 Å². The van der Waals surface area contributed by atoms with Gasteiger partial charge in [0.05, 0.1) is 19.2 Å². The Morgan fingerprint density at radius 2 is 1.87 bits per heavy atom. The Hall–Kier alpha value is -3.38. The van der Waals surface area contributed by atoms with E-state index in [-0.39, 0.29) is 10.7 Å². The van der Waals surface area contributed by atoms with Crippen LogP contribution >= 0.6 is 11.6 Å². The summed E-state index contributed by atoms with van der Waals surface area (Å²) in [7, 11) is 2.93. The molecule has 152 valence electrons. The molecule has 0 fully saturated rings. The molecule has 2 aromatic heterocycles. The number of esters is 1. The van der Waals surface area contributed by atoms with E-state index < -0.39 is 11.8 Å². The van der Waals surface area contributed by atoms with Crippen molar-refractivity contribution >= 4 is 28.6 Å². The molecular formula is C23H18ClFN2O3. The smallest absolute Gasteiger partial charge is 0.356 e. The van der Waals surface area contributed by atoms with E-state index in [4.69, 9.17) is 21.1 Å². The number of pyridine rings is 1. The Morgan fingerprint density at radius 1 is 1.10 bits per heavy atom. The number of benzene rings is 2. The molecule has 0 bridgehead atoms. The van der Waals surface area contributed by atoms with Crippen molar-refractivity contribution in [1.82, 2.24) is 9.55 Å². The summed E-state index contributed by atoms with van der Waals surface area (Å²) in [5.74, 6) is -0.253. The van der Waals surface area contributed by atoms with E-state index in [1.54, 1.807) is 25.3 Å². The van der Waals surface area contributed by atoms with Crippen LogP contribution in [0.25, 0.3) is 22.2 Å². The fourth-order valence-electron chi connectivity index (χ4n) is 3.32. The molecule has 4 aromatic rings. The van der Waals surface area contributed by atoms with Crippen molar-refractivity contribution < 1.29 is 18.7 Å². The van der Waals surface area contributed by atoms with Crippen LogP contribution in [0.1, 0.15) is 16.1 Å². The summed E-state index contributed by atoms with van der Waals surface area (Å²) in [5.41, 5.74) is 3.28. The maximum absolute atomic E-state index is 14.1. The van der Waals surface area contributed by atoms with Crippen LogP contribution in [0.3, 0.4) is 0 Å². The van der Waals surface area contributed by atoms with E-state index in [0.717, 1.165) is 22.3 Å². The van der Waals surface area contributed by atoms with Crippen molar-refractivity contribution in [1.29, 1.82) is 0 Å². The molecule has 0 atom stereocenters. The molecule has 0 N–H and O–H groups in total. The lowest BCUT2D eigenvalue weighted by molar-refractivity contribution is 0.0594. The second-order valence-electron chi connectivity index (χ2n) is 6.71. The average molecular weight is 425 g/mol. The molecule has 0 spiro atoms. The van der Waals surface area contributed by atoms with Gasteiger partial charge in [-0.25, -0.2) is 14.2 Å². The lowest BCUT2D eigenvalue weighted by Crippen LogP contribution is -2.06. The van der Waals surface area contributed by atoms with Gasteiger partial charge < -0.3 is 14.0 Å². The highest BCUT2D eigenvalue weighted by Gasteiger charge is 2.16. The number of ether oxygens (including phenoxy) is 2. The molecule has 0 saturated carbocycles. The number of halogens is 2. The number of carbonyl (C=O) groups excluding carboxylic acids is 1. The van der Waals surface area contributed by atoms with Crippen LogP contribution in [0.2, 0.25) is 5.02 Å². The normalized spacial score (nSPS) is 10.9. The van der Waals surface area contributed by atoms with E-state index in [1.807, 2.05) is 35.0 Å². The average Bonchev–Trinajstić information content (AvgIpc) is 3.13. The Bertz CT molecular complexity index is 1240. The highest BCUT2D eigenvalue weighted by Crippen LogP contribution is 2.32. The molecule has 0 aliphatic rings. The van der Waals surface area contributed by atoms with Crippen LogP contribution in [-0.2, 0) is 11.3 Å². The molecule has 0 amide bonds. The monoisotopic (exact) mass is 424 g/mol. The number of methoxy groups -OCH3 is 2. The summed E-state index contributed by atoms with van der Waals surface area (Å²) in [6, 6.07) is 15.7. The SMILES string of the molecule is COC(=O)c1ccc2c(-c3ccc(Cl)c(F)c3)cn(Cc3ccc(OC)cc3)c2n1. The standard InChI is InChI=1S/C23H18ClFN2O3/c1-29-16-6-3-14(4-7-16)12-27-13-18(15-5-9-19(24)20(25)11-15)17-8-10-21(23(28)30-2)26-22(17)27/h3-11,13H,12H2,1-2H3. The number of hydrogen-bond donors (Lipinski definition) is 0. The van der Waals surface area contributed by atoms with Gasteiger partial charge in [-0.05, 0) is 47.5 Å². The topological polar surface area (TPSA) is 53.4 Å². The quantitative estimate of drug-likeness (QED) is 0.406. The molecule has 2 heterocycles. The number of fused-ring (bicyclic) bond motifs is 1. The molecule has 0 saturated heterocycles. The first-order valence-electron chi connectivity index (χ1n) is 9.16. The fraction of sp³-hybridized carbons (Fsp3) is 0.130. The Balaban J connectivity index is 1.85. The van der Waals surface area contributed by atoms with Gasteiger partial charge in [0, 0.05) is 23.7 Å². The molecule has 0 aliphatic carbocycles. The third-order valence-corrected chi connectivity index (χ3v) is 5.17. The van der Waals surface area contributed by atoms with Crippen molar-refractivity contribution in [2.24, 2.45) is 0 Å². The van der Waals surface area contributed by atoms with Crippen LogP contribution < -0.4 is 4.74 Å². The van der Waals surface area contributed by atoms with Crippen LogP contribution in [0.15, 0.2) is 60.8 Å². The van der Waals surface area contributed by atoms with Crippen molar-refractivity contribution in [2.75, 3.05) is 14.2 Å². The highest BCUT2D eigenvalue weighted by molar-refractivity contribution is 6.30. The first kappa shape index (κ1) is 19.9. The predicted octanol–water partition coefficient (Wildman–Crippen LogP) is 5.34. The summed E-state index contributed by atoms with van der Waals surface area (Å²) >= 11 is 5.84. The van der Waals surface area contributed by atoms with Gasteiger partial charge in [-0.2, -0.15) is 0 Å². The summed E-state index contributed by atoms with van der Waals surface area (Å²) in [4.78, 5) is 16.5. The lowest BCUT2D eigenvalue weighted by atomic mass is 10.1. The molecule has 7 heteroatoms. The molecule has 5 nitrogen and oxygen atoms in total. The van der Waals surface area contributed by atoms with Gasteiger partial charge in [-0.1, -0.05) is 29.8 Å². The molecule has 0 unspecified atom stereocenters. The Labute approximate surface area is 177 Å². The molecule has 0 radical (unpaired) electrons. The first-order valence-corrected chi connectivity index (χ1v) is 9.54. The Kier molecular flexibility index (Phi) is 5.42. The zero-order chi connectivity index (χ0) is 21.3. The maximum Gasteiger partial charge on any atom is 0.356 e. The minimum Gasteiger partial charge on any atom is -0.497 e. The van der Waals surface area contributed by atoms with Crippen LogP contribution in [0.4, 0.5) is 4.39 Å². The van der Waals surface area contributed by atoms with Gasteiger partial charge in [-0.15, -0.1) is 0 Å². The molecule has 2 aromatic carbocycles. The first-order chi connectivity index (χ1) is 14.5. The van der Waals surface area contributed by atoms with Crippen LogP contribution in [-0.4, -0.2) is 29.7 Å². The van der Waals surface area contributed by atoms with E-state index in [0.29, 0.717) is 17.8 Å². The van der Waals surface area contributed by atoms with Crippen molar-refractivity contribution in [2.45, 2.75) is 6.54 Å². The van der Waals surface area contributed by atoms with E-state index in [1.165, 1.54) is 19.2 Å². The molecule has 30 heavy (non-hydrogen) atoms. The maximum atomic E-state index is 14.1. The highest BCUT2D eigenvalue weighted by atomic mass is 35.5. The van der Waals surface area contributed by atoms with E-state index >= 15 is 0 Å². The third kappa shape index (κ3) is 3.74. The van der Waals surface area contributed by atoms with Gasteiger partial charge in [0.25, 0.3) is 0 Å². The number of nitrogens with zero attached hydrogens (tertiary/aromatic N) is 2.